The molecule has 1 saturated heterocycles. The molecule has 7 rings (SSSR count). The number of hydrogen-bond acceptors (Lipinski definition) is 3. The third kappa shape index (κ3) is 3.52. The molecule has 32 heavy (non-hydrogen) atoms. The number of likely N-dealkylation sites (tertiary alicyclic amines) is 1. The summed E-state index contributed by atoms with van der Waals surface area (Å²) in [6.45, 7) is 1.40. The molecule has 2 N–H and O–H groups in total. The molecule has 1 atom stereocenters. The van der Waals surface area contributed by atoms with Crippen LogP contribution >= 0.6 is 0 Å². The Morgan fingerprint density at radius 3 is 2.53 bits per heavy atom. The number of carbonyl (C=O) groups excluding carboxylic acids is 2. The number of nitrogens with one attached hydrogen (secondary N) is 2. The molecule has 6 heteroatoms. The van der Waals surface area contributed by atoms with E-state index in [1.807, 2.05) is 29.2 Å². The van der Waals surface area contributed by atoms with E-state index in [4.69, 9.17) is 4.98 Å². The highest BCUT2D eigenvalue weighted by Crippen LogP contribution is 2.60. The standard InChI is InChI=1S/C26H34N4O2/c31-23(30-10-4-7-22(30)24-28-20-5-1-2-6-21(20)29-24)8-3-9-27-25(32)26-14-17-11-18(15-26)13-19(12-17)16-26/h1-2,5-6,17-19,22H,3-4,7-16H2,(H,27,32)(H,28,29)/t17?,18?,19?,22-,26?/m0/s1. The minimum Gasteiger partial charge on any atom is -0.356 e. The Kier molecular flexibility index (Phi) is 4.99. The predicted molar refractivity (Wildman–Crippen MR) is 123 cm³/mol. The molecule has 170 valence electrons. The van der Waals surface area contributed by atoms with Gasteiger partial charge in [0.2, 0.25) is 11.8 Å². The van der Waals surface area contributed by atoms with Crippen molar-refractivity contribution in [1.82, 2.24) is 20.2 Å². The van der Waals surface area contributed by atoms with Gasteiger partial charge in [0.1, 0.15) is 5.82 Å². The van der Waals surface area contributed by atoms with Gasteiger partial charge in [-0.25, -0.2) is 4.98 Å². The van der Waals surface area contributed by atoms with Crippen molar-refractivity contribution in [3.8, 4) is 0 Å². The SMILES string of the molecule is O=C(CCCNC(=O)C12CC3CC(CC(C3)C1)C2)N1CCC[C@H]1c1nc2ccccc2[nH]1. The van der Waals surface area contributed by atoms with Crippen molar-refractivity contribution in [1.29, 1.82) is 0 Å². The summed E-state index contributed by atoms with van der Waals surface area (Å²) in [5.74, 6) is 3.67. The summed E-state index contributed by atoms with van der Waals surface area (Å²) in [4.78, 5) is 36.2. The highest BCUT2D eigenvalue weighted by atomic mass is 16.2. The third-order valence-electron chi connectivity index (χ3n) is 8.67. The van der Waals surface area contributed by atoms with Crippen LogP contribution in [0.1, 0.15) is 76.1 Å². The number of carbonyl (C=O) groups is 2. The topological polar surface area (TPSA) is 78.1 Å². The molecule has 1 aromatic carbocycles. The maximum atomic E-state index is 13.1. The summed E-state index contributed by atoms with van der Waals surface area (Å²) < 4.78 is 0. The van der Waals surface area contributed by atoms with Crippen molar-refractivity contribution in [2.75, 3.05) is 13.1 Å². The zero-order valence-electron chi connectivity index (χ0n) is 18.8. The lowest BCUT2D eigenvalue weighted by Crippen LogP contribution is -2.53. The van der Waals surface area contributed by atoms with Gasteiger partial charge in [-0.05, 0) is 87.7 Å². The highest BCUT2D eigenvalue weighted by Gasteiger charge is 2.54. The number of H-pyrrole nitrogens is 1. The van der Waals surface area contributed by atoms with E-state index >= 15 is 0 Å². The highest BCUT2D eigenvalue weighted by molar-refractivity contribution is 5.83. The van der Waals surface area contributed by atoms with Gasteiger partial charge in [0.15, 0.2) is 0 Å². The van der Waals surface area contributed by atoms with Crippen LogP contribution in [0.15, 0.2) is 24.3 Å². The van der Waals surface area contributed by atoms with Gasteiger partial charge < -0.3 is 15.2 Å². The normalized spacial score (nSPS) is 33.2. The number of nitrogens with zero attached hydrogens (tertiary/aromatic N) is 2. The Bertz CT molecular complexity index is 959. The second kappa shape index (κ2) is 7.89. The summed E-state index contributed by atoms with van der Waals surface area (Å²) >= 11 is 0. The first-order valence-corrected chi connectivity index (χ1v) is 12.6. The molecule has 5 aliphatic rings. The molecule has 5 fully saturated rings. The van der Waals surface area contributed by atoms with Crippen LogP contribution in [0.3, 0.4) is 0 Å². The van der Waals surface area contributed by atoms with Crippen LogP contribution in [0.2, 0.25) is 0 Å². The summed E-state index contributed by atoms with van der Waals surface area (Å²) in [5.41, 5.74) is 1.88. The van der Waals surface area contributed by atoms with Crippen molar-refractivity contribution in [2.45, 2.75) is 70.3 Å². The van der Waals surface area contributed by atoms with Crippen LogP contribution in [0.4, 0.5) is 0 Å². The summed E-state index contributed by atoms with van der Waals surface area (Å²) in [6, 6.07) is 8.06. The van der Waals surface area contributed by atoms with E-state index < -0.39 is 0 Å². The van der Waals surface area contributed by atoms with Gasteiger partial charge in [-0.15, -0.1) is 0 Å². The molecular formula is C26H34N4O2. The quantitative estimate of drug-likeness (QED) is 0.664. The number of aromatic nitrogens is 2. The molecule has 0 spiro atoms. The average Bonchev–Trinajstić information content (AvgIpc) is 3.42. The number of benzene rings is 1. The van der Waals surface area contributed by atoms with Gasteiger partial charge in [0.05, 0.1) is 17.1 Å². The average molecular weight is 435 g/mol. The maximum absolute atomic E-state index is 13.1. The van der Waals surface area contributed by atoms with Crippen molar-refractivity contribution in [3.05, 3.63) is 30.1 Å². The number of amides is 2. The Balaban J connectivity index is 1.02. The molecule has 4 bridgehead atoms. The van der Waals surface area contributed by atoms with E-state index in [2.05, 4.69) is 10.3 Å². The van der Waals surface area contributed by atoms with Gasteiger partial charge >= 0.3 is 0 Å². The van der Waals surface area contributed by atoms with Gasteiger partial charge in [0.25, 0.3) is 0 Å². The van der Waals surface area contributed by atoms with Crippen molar-refractivity contribution in [2.24, 2.45) is 23.2 Å². The number of para-hydroxylation sites is 2. The van der Waals surface area contributed by atoms with Crippen LogP contribution in [-0.2, 0) is 9.59 Å². The van der Waals surface area contributed by atoms with Crippen molar-refractivity contribution < 1.29 is 9.59 Å². The van der Waals surface area contributed by atoms with Crippen LogP contribution in [-0.4, -0.2) is 39.8 Å². The Morgan fingerprint density at radius 2 is 1.81 bits per heavy atom. The van der Waals surface area contributed by atoms with Gasteiger partial charge in [-0.1, -0.05) is 12.1 Å². The third-order valence-corrected chi connectivity index (χ3v) is 8.67. The first-order chi connectivity index (χ1) is 15.6. The van der Waals surface area contributed by atoms with Gasteiger partial charge in [0, 0.05) is 24.9 Å². The molecule has 4 aliphatic carbocycles. The zero-order valence-corrected chi connectivity index (χ0v) is 18.8. The molecule has 0 radical (unpaired) electrons. The van der Waals surface area contributed by atoms with Crippen LogP contribution in [0.25, 0.3) is 11.0 Å². The molecule has 1 aliphatic heterocycles. The first-order valence-electron chi connectivity index (χ1n) is 12.6. The minimum absolute atomic E-state index is 0.0384. The molecular weight excluding hydrogens is 400 g/mol. The monoisotopic (exact) mass is 434 g/mol. The predicted octanol–water partition coefficient (Wildman–Crippen LogP) is 4.34. The maximum Gasteiger partial charge on any atom is 0.226 e. The van der Waals surface area contributed by atoms with E-state index in [1.54, 1.807) is 0 Å². The smallest absolute Gasteiger partial charge is 0.226 e. The van der Waals surface area contributed by atoms with Crippen molar-refractivity contribution in [3.63, 3.8) is 0 Å². The van der Waals surface area contributed by atoms with E-state index in [9.17, 15) is 9.59 Å². The summed E-state index contributed by atoms with van der Waals surface area (Å²) in [6.07, 6.45) is 10.5. The molecule has 0 unspecified atom stereocenters. The number of aromatic amines is 1. The zero-order chi connectivity index (χ0) is 21.7. The van der Waals surface area contributed by atoms with Crippen molar-refractivity contribution >= 4 is 22.8 Å². The van der Waals surface area contributed by atoms with Crippen LogP contribution in [0, 0.1) is 23.2 Å². The molecule has 2 heterocycles. The summed E-state index contributed by atoms with van der Waals surface area (Å²) in [7, 11) is 0. The number of fused-ring (bicyclic) bond motifs is 1. The van der Waals surface area contributed by atoms with Crippen LogP contribution < -0.4 is 5.32 Å². The lowest BCUT2D eigenvalue weighted by atomic mass is 9.49. The summed E-state index contributed by atoms with van der Waals surface area (Å²) in [5, 5.41) is 3.22. The Hall–Kier alpha value is -2.37. The van der Waals surface area contributed by atoms with E-state index in [0.29, 0.717) is 19.4 Å². The fraction of sp³-hybridized carbons (Fsp3) is 0.654. The van der Waals surface area contributed by atoms with E-state index in [-0.39, 0.29) is 23.3 Å². The first kappa shape index (κ1) is 20.3. The minimum atomic E-state index is -0.0971. The molecule has 2 amide bonds. The van der Waals surface area contributed by atoms with Gasteiger partial charge in [-0.3, -0.25) is 9.59 Å². The van der Waals surface area contributed by atoms with E-state index in [0.717, 1.165) is 73.3 Å². The molecule has 2 aromatic rings. The fourth-order valence-corrected chi connectivity index (χ4v) is 7.64. The second-order valence-corrected chi connectivity index (χ2v) is 10.9. The lowest BCUT2D eigenvalue weighted by Gasteiger charge is -2.55. The van der Waals surface area contributed by atoms with Crippen LogP contribution in [0.5, 0.6) is 0 Å². The lowest BCUT2D eigenvalue weighted by molar-refractivity contribution is -0.146. The number of rotatable bonds is 6. The largest absolute Gasteiger partial charge is 0.356 e. The Morgan fingerprint density at radius 1 is 1.09 bits per heavy atom. The molecule has 4 saturated carbocycles. The fourth-order valence-electron chi connectivity index (χ4n) is 7.64. The number of hydrogen-bond donors (Lipinski definition) is 2. The molecule has 1 aromatic heterocycles. The second-order valence-electron chi connectivity index (χ2n) is 10.9. The van der Waals surface area contributed by atoms with Gasteiger partial charge in [-0.2, -0.15) is 0 Å². The number of imidazole rings is 1. The Labute approximate surface area is 189 Å². The van der Waals surface area contributed by atoms with E-state index in [1.165, 1.54) is 19.3 Å². The molecule has 6 nitrogen and oxygen atoms in total.